The summed E-state index contributed by atoms with van der Waals surface area (Å²) >= 11 is 1.70. The van der Waals surface area contributed by atoms with Crippen LogP contribution in [0.2, 0.25) is 0 Å². The monoisotopic (exact) mass is 309 g/mol. The van der Waals surface area contributed by atoms with Gasteiger partial charge in [-0.3, -0.25) is 4.79 Å². The Morgan fingerprint density at radius 1 is 1.52 bits per heavy atom. The smallest absolute Gasteiger partial charge is 0.224 e. The van der Waals surface area contributed by atoms with Gasteiger partial charge in [0.05, 0.1) is 23.2 Å². The first-order chi connectivity index (χ1) is 10.0. The maximum Gasteiger partial charge on any atom is 0.224 e. The molecule has 0 radical (unpaired) electrons. The number of aryl methyl sites for hydroxylation is 2. The second-order valence-corrected chi connectivity index (χ2v) is 7.39. The van der Waals surface area contributed by atoms with E-state index in [1.807, 2.05) is 6.92 Å². The van der Waals surface area contributed by atoms with Gasteiger partial charge in [-0.2, -0.15) is 0 Å². The zero-order valence-electron chi connectivity index (χ0n) is 13.6. The molecule has 1 aromatic heterocycles. The van der Waals surface area contributed by atoms with Gasteiger partial charge in [0.25, 0.3) is 0 Å². The van der Waals surface area contributed by atoms with Crippen molar-refractivity contribution in [3.8, 4) is 0 Å². The van der Waals surface area contributed by atoms with Gasteiger partial charge in [0, 0.05) is 17.5 Å². The highest BCUT2D eigenvalue weighted by Crippen LogP contribution is 2.21. The minimum Gasteiger partial charge on any atom is -0.351 e. The predicted molar refractivity (Wildman–Crippen MR) is 87.5 cm³/mol. The Bertz CT molecular complexity index is 484. The van der Waals surface area contributed by atoms with Crippen LogP contribution in [-0.2, 0) is 17.8 Å². The van der Waals surface area contributed by atoms with Gasteiger partial charge in [-0.1, -0.05) is 6.92 Å². The van der Waals surface area contributed by atoms with Crippen LogP contribution in [0.5, 0.6) is 0 Å². The molecule has 0 spiro atoms. The van der Waals surface area contributed by atoms with Crippen molar-refractivity contribution in [2.45, 2.75) is 59.5 Å². The van der Waals surface area contributed by atoms with E-state index in [4.69, 9.17) is 0 Å². The van der Waals surface area contributed by atoms with Crippen LogP contribution in [0.4, 0.5) is 0 Å². The topological polar surface area (TPSA) is 45.2 Å². The predicted octanol–water partition coefficient (Wildman–Crippen LogP) is 2.75. The maximum absolute atomic E-state index is 12.4. The molecule has 2 rings (SSSR count). The average Bonchev–Trinajstić information content (AvgIpc) is 2.85. The largest absolute Gasteiger partial charge is 0.351 e. The van der Waals surface area contributed by atoms with Gasteiger partial charge >= 0.3 is 0 Å². The fourth-order valence-electron chi connectivity index (χ4n) is 2.93. The van der Waals surface area contributed by atoms with E-state index in [2.05, 4.69) is 36.0 Å². The first kappa shape index (κ1) is 16.4. The number of carbonyl (C=O) groups excluding carboxylic acids is 1. The van der Waals surface area contributed by atoms with E-state index < -0.39 is 0 Å². The molecule has 5 heteroatoms. The zero-order chi connectivity index (χ0) is 15.4. The summed E-state index contributed by atoms with van der Waals surface area (Å²) in [7, 11) is 0. The standard InChI is InChI=1S/C16H27N3OS/c1-5-14-15(21-12(4)18-14)9-17-16(20)13-7-6-8-19(10-13)11(2)3/h11,13H,5-10H2,1-4H3,(H,17,20). The van der Waals surface area contributed by atoms with Crippen molar-refractivity contribution in [2.24, 2.45) is 5.92 Å². The van der Waals surface area contributed by atoms with Crippen molar-refractivity contribution in [1.82, 2.24) is 15.2 Å². The number of amides is 1. The van der Waals surface area contributed by atoms with Crippen molar-refractivity contribution >= 4 is 17.2 Å². The van der Waals surface area contributed by atoms with Crippen LogP contribution in [0.1, 0.15) is 49.2 Å². The highest BCUT2D eigenvalue weighted by Gasteiger charge is 2.26. The second kappa shape index (κ2) is 7.36. The highest BCUT2D eigenvalue weighted by atomic mass is 32.1. The molecule has 1 amide bonds. The van der Waals surface area contributed by atoms with Crippen LogP contribution < -0.4 is 5.32 Å². The minimum absolute atomic E-state index is 0.139. The highest BCUT2D eigenvalue weighted by molar-refractivity contribution is 7.11. The van der Waals surface area contributed by atoms with Gasteiger partial charge in [0.2, 0.25) is 5.91 Å². The Balaban J connectivity index is 1.89. The third kappa shape index (κ3) is 4.27. The molecule has 21 heavy (non-hydrogen) atoms. The van der Waals surface area contributed by atoms with Gasteiger partial charge in [-0.05, 0) is 46.6 Å². The SMILES string of the molecule is CCc1nc(C)sc1CNC(=O)C1CCCN(C(C)C)C1. The number of rotatable bonds is 5. The first-order valence-electron chi connectivity index (χ1n) is 7.98. The molecule has 4 nitrogen and oxygen atoms in total. The number of aromatic nitrogens is 1. The Kier molecular flexibility index (Phi) is 5.76. The number of piperidine rings is 1. The third-order valence-corrected chi connectivity index (χ3v) is 5.21. The summed E-state index contributed by atoms with van der Waals surface area (Å²) in [4.78, 5) is 20.5. The number of carbonyl (C=O) groups is 1. The van der Waals surface area contributed by atoms with Crippen LogP contribution in [0.15, 0.2) is 0 Å². The van der Waals surface area contributed by atoms with E-state index in [9.17, 15) is 4.79 Å². The zero-order valence-corrected chi connectivity index (χ0v) is 14.4. The third-order valence-electron chi connectivity index (χ3n) is 4.20. The molecule has 0 bridgehead atoms. The normalized spacial score (nSPS) is 20.0. The maximum atomic E-state index is 12.4. The molecule has 118 valence electrons. The fraction of sp³-hybridized carbons (Fsp3) is 0.750. The lowest BCUT2D eigenvalue weighted by atomic mass is 9.96. The lowest BCUT2D eigenvalue weighted by molar-refractivity contribution is -0.127. The van der Waals surface area contributed by atoms with E-state index in [0.717, 1.165) is 43.1 Å². The number of thiazole rings is 1. The number of nitrogens with one attached hydrogen (secondary N) is 1. The summed E-state index contributed by atoms with van der Waals surface area (Å²) in [5.41, 5.74) is 1.13. The van der Waals surface area contributed by atoms with Crippen molar-refractivity contribution in [2.75, 3.05) is 13.1 Å². The summed E-state index contributed by atoms with van der Waals surface area (Å²) in [5.74, 6) is 0.341. The number of likely N-dealkylation sites (tertiary alicyclic amines) is 1. The minimum atomic E-state index is 0.139. The summed E-state index contributed by atoms with van der Waals surface area (Å²) in [6, 6.07) is 0.524. The Morgan fingerprint density at radius 2 is 2.29 bits per heavy atom. The van der Waals surface area contributed by atoms with Crippen molar-refractivity contribution in [1.29, 1.82) is 0 Å². The summed E-state index contributed by atoms with van der Waals surface area (Å²) in [5, 5.41) is 4.20. The molecular formula is C16H27N3OS. The van der Waals surface area contributed by atoms with E-state index >= 15 is 0 Å². The lowest BCUT2D eigenvalue weighted by Gasteiger charge is -2.34. The summed E-state index contributed by atoms with van der Waals surface area (Å²) in [6.45, 7) is 11.2. The van der Waals surface area contributed by atoms with Crippen LogP contribution in [-0.4, -0.2) is 34.9 Å². The summed E-state index contributed by atoms with van der Waals surface area (Å²) in [6.07, 6.45) is 3.06. The molecule has 1 saturated heterocycles. The van der Waals surface area contributed by atoms with Crippen LogP contribution in [0.25, 0.3) is 0 Å². The van der Waals surface area contributed by atoms with Crippen LogP contribution >= 0.6 is 11.3 Å². The second-order valence-electron chi connectivity index (χ2n) is 6.10. The van der Waals surface area contributed by atoms with Gasteiger partial charge in [-0.25, -0.2) is 4.98 Å². The van der Waals surface area contributed by atoms with E-state index in [0.29, 0.717) is 12.6 Å². The van der Waals surface area contributed by atoms with E-state index in [-0.39, 0.29) is 11.8 Å². The molecule has 1 unspecified atom stereocenters. The van der Waals surface area contributed by atoms with Crippen molar-refractivity contribution in [3.05, 3.63) is 15.6 Å². The number of hydrogen-bond donors (Lipinski definition) is 1. The molecule has 1 N–H and O–H groups in total. The average molecular weight is 309 g/mol. The first-order valence-corrected chi connectivity index (χ1v) is 8.79. The Labute approximate surface area is 132 Å². The molecule has 1 atom stereocenters. The number of nitrogens with zero attached hydrogens (tertiary/aromatic N) is 2. The van der Waals surface area contributed by atoms with Crippen LogP contribution in [0.3, 0.4) is 0 Å². The van der Waals surface area contributed by atoms with Gasteiger partial charge in [0.15, 0.2) is 0 Å². The quantitative estimate of drug-likeness (QED) is 0.909. The molecule has 1 aliphatic rings. The molecule has 1 aliphatic heterocycles. The van der Waals surface area contributed by atoms with Crippen molar-refractivity contribution < 1.29 is 4.79 Å². The summed E-state index contributed by atoms with van der Waals surface area (Å²) < 4.78 is 0. The van der Waals surface area contributed by atoms with Crippen LogP contribution in [0, 0.1) is 12.8 Å². The van der Waals surface area contributed by atoms with Gasteiger partial charge in [0.1, 0.15) is 0 Å². The fourth-order valence-corrected chi connectivity index (χ4v) is 3.89. The molecule has 2 heterocycles. The lowest BCUT2D eigenvalue weighted by Crippen LogP contribution is -2.45. The van der Waals surface area contributed by atoms with Gasteiger partial charge < -0.3 is 10.2 Å². The molecule has 1 aromatic rings. The number of hydrogen-bond acceptors (Lipinski definition) is 4. The van der Waals surface area contributed by atoms with E-state index in [1.165, 1.54) is 4.88 Å². The molecule has 0 aromatic carbocycles. The van der Waals surface area contributed by atoms with Gasteiger partial charge in [-0.15, -0.1) is 11.3 Å². The molecule has 1 fully saturated rings. The van der Waals surface area contributed by atoms with Crippen molar-refractivity contribution in [3.63, 3.8) is 0 Å². The van der Waals surface area contributed by atoms with E-state index in [1.54, 1.807) is 11.3 Å². The molecule has 0 aliphatic carbocycles. The molecular weight excluding hydrogens is 282 g/mol. The Morgan fingerprint density at radius 3 is 2.95 bits per heavy atom. The Hall–Kier alpha value is -0.940. The molecule has 0 saturated carbocycles.